The van der Waals surface area contributed by atoms with E-state index in [-0.39, 0.29) is 16.6 Å². The molecule has 0 radical (unpaired) electrons. The summed E-state index contributed by atoms with van der Waals surface area (Å²) < 4.78 is 11.5. The molecule has 2 amide bonds. The van der Waals surface area contributed by atoms with Gasteiger partial charge in [-0.15, -0.1) is 0 Å². The molecule has 0 spiro atoms. The van der Waals surface area contributed by atoms with E-state index in [0.29, 0.717) is 22.6 Å². The quantitative estimate of drug-likeness (QED) is 0.467. The molecule has 166 valence electrons. The van der Waals surface area contributed by atoms with Gasteiger partial charge in [0.2, 0.25) is 0 Å². The number of nitrogens with zero attached hydrogens (tertiary/aromatic N) is 3. The highest BCUT2D eigenvalue weighted by atomic mass is 16.5. The Labute approximate surface area is 187 Å². The third-order valence-corrected chi connectivity index (χ3v) is 4.83. The molecular formula is C23H19N5O5. The molecule has 2 heterocycles. The summed E-state index contributed by atoms with van der Waals surface area (Å²) in [4.78, 5) is 46.4. The summed E-state index contributed by atoms with van der Waals surface area (Å²) in [6, 6.07) is 11.6. The summed E-state index contributed by atoms with van der Waals surface area (Å²) in [7, 11) is 3.01. The van der Waals surface area contributed by atoms with E-state index in [0.717, 1.165) is 4.68 Å². The van der Waals surface area contributed by atoms with Crippen LogP contribution in [0.5, 0.6) is 11.5 Å². The molecule has 33 heavy (non-hydrogen) atoms. The molecule has 2 aromatic heterocycles. The van der Waals surface area contributed by atoms with Crippen LogP contribution in [-0.4, -0.2) is 40.7 Å². The molecule has 4 rings (SSSR count). The number of nitrogens with one attached hydrogen (secondary N) is 2. The van der Waals surface area contributed by atoms with Crippen LogP contribution < -0.4 is 25.8 Å². The summed E-state index contributed by atoms with van der Waals surface area (Å²) in [5.74, 6) is -0.171. The molecule has 0 unspecified atom stereocenters. The van der Waals surface area contributed by atoms with Gasteiger partial charge in [-0.1, -0.05) is 18.2 Å². The fourth-order valence-electron chi connectivity index (χ4n) is 3.25. The van der Waals surface area contributed by atoms with E-state index in [9.17, 15) is 14.4 Å². The highest BCUT2D eigenvalue weighted by Crippen LogP contribution is 2.30. The van der Waals surface area contributed by atoms with E-state index < -0.39 is 17.4 Å². The number of methoxy groups -OCH3 is 2. The minimum atomic E-state index is -0.647. The zero-order chi connectivity index (χ0) is 23.4. The number of hydrogen-bond acceptors (Lipinski definition) is 7. The molecule has 0 bridgehead atoms. The van der Waals surface area contributed by atoms with Crippen LogP contribution >= 0.6 is 0 Å². The fourth-order valence-corrected chi connectivity index (χ4v) is 3.25. The molecule has 2 aromatic carbocycles. The van der Waals surface area contributed by atoms with E-state index in [2.05, 4.69) is 20.7 Å². The number of fused-ring (bicyclic) bond motifs is 1. The second-order valence-corrected chi connectivity index (χ2v) is 6.82. The Hall–Kier alpha value is -4.73. The van der Waals surface area contributed by atoms with Crippen LogP contribution in [0.15, 0.2) is 72.0 Å². The smallest absolute Gasteiger partial charge is 0.290 e. The van der Waals surface area contributed by atoms with Crippen LogP contribution in [0.2, 0.25) is 0 Å². The number of amides is 2. The molecule has 4 aromatic rings. The summed E-state index contributed by atoms with van der Waals surface area (Å²) in [5, 5.41) is 3.48. The first-order valence-corrected chi connectivity index (χ1v) is 9.77. The second-order valence-electron chi connectivity index (χ2n) is 6.82. The van der Waals surface area contributed by atoms with Gasteiger partial charge in [0.05, 0.1) is 26.0 Å². The minimum Gasteiger partial charge on any atom is -0.493 e. The minimum absolute atomic E-state index is 0.0221. The monoisotopic (exact) mass is 445 g/mol. The Morgan fingerprint density at radius 1 is 0.939 bits per heavy atom. The predicted molar refractivity (Wildman–Crippen MR) is 121 cm³/mol. The summed E-state index contributed by atoms with van der Waals surface area (Å²) in [6.45, 7) is 0. The van der Waals surface area contributed by atoms with Crippen molar-refractivity contribution >= 4 is 28.3 Å². The lowest BCUT2D eigenvalue weighted by Crippen LogP contribution is -2.34. The molecule has 0 aliphatic carbocycles. The highest BCUT2D eigenvalue weighted by Gasteiger charge is 2.17. The Kier molecular flexibility index (Phi) is 5.98. The van der Waals surface area contributed by atoms with E-state index in [4.69, 9.17) is 9.47 Å². The van der Waals surface area contributed by atoms with E-state index >= 15 is 0 Å². The van der Waals surface area contributed by atoms with Crippen molar-refractivity contribution in [2.24, 2.45) is 0 Å². The van der Waals surface area contributed by atoms with Crippen LogP contribution in [0, 0.1) is 0 Å². The molecule has 0 atom stereocenters. The van der Waals surface area contributed by atoms with Crippen molar-refractivity contribution in [1.82, 2.24) is 14.6 Å². The maximum absolute atomic E-state index is 13.2. The summed E-state index contributed by atoms with van der Waals surface area (Å²) in [5.41, 5.74) is 2.63. The van der Waals surface area contributed by atoms with Gasteiger partial charge in [0.1, 0.15) is 5.69 Å². The van der Waals surface area contributed by atoms with Crippen LogP contribution in [-0.2, 0) is 0 Å². The van der Waals surface area contributed by atoms with Crippen LogP contribution in [0.1, 0.15) is 20.8 Å². The van der Waals surface area contributed by atoms with Gasteiger partial charge in [0, 0.05) is 41.1 Å². The highest BCUT2D eigenvalue weighted by molar-refractivity contribution is 6.12. The molecular weight excluding hydrogens is 426 g/mol. The normalized spacial score (nSPS) is 10.5. The van der Waals surface area contributed by atoms with Crippen molar-refractivity contribution in [3.63, 3.8) is 0 Å². The summed E-state index contributed by atoms with van der Waals surface area (Å²) >= 11 is 0. The van der Waals surface area contributed by atoms with Gasteiger partial charge in [0.15, 0.2) is 11.5 Å². The SMILES string of the molecule is COc1ccc(NC(=O)c2cn(NC(=O)c3cnccn3)c(=O)c3ccccc23)cc1OC. The van der Waals surface area contributed by atoms with Crippen molar-refractivity contribution < 1.29 is 19.1 Å². The molecule has 0 saturated carbocycles. The van der Waals surface area contributed by atoms with Crippen LogP contribution in [0.4, 0.5) is 5.69 Å². The zero-order valence-corrected chi connectivity index (χ0v) is 17.7. The van der Waals surface area contributed by atoms with Crippen LogP contribution in [0.3, 0.4) is 0 Å². The molecule has 10 nitrogen and oxygen atoms in total. The van der Waals surface area contributed by atoms with Crippen LogP contribution in [0.25, 0.3) is 10.8 Å². The first kappa shape index (κ1) is 21.5. The number of benzene rings is 2. The molecule has 2 N–H and O–H groups in total. The lowest BCUT2D eigenvalue weighted by atomic mass is 10.1. The average molecular weight is 445 g/mol. The van der Waals surface area contributed by atoms with Gasteiger partial charge >= 0.3 is 0 Å². The van der Waals surface area contributed by atoms with Gasteiger partial charge in [-0.05, 0) is 18.2 Å². The van der Waals surface area contributed by atoms with Gasteiger partial charge in [0.25, 0.3) is 17.4 Å². The number of pyridine rings is 1. The molecule has 10 heteroatoms. The third-order valence-electron chi connectivity index (χ3n) is 4.83. The van der Waals surface area contributed by atoms with Crippen molar-refractivity contribution in [3.05, 3.63) is 88.9 Å². The van der Waals surface area contributed by atoms with Crippen molar-refractivity contribution in [1.29, 1.82) is 0 Å². The third kappa shape index (κ3) is 4.35. The molecule has 0 aliphatic heterocycles. The largest absolute Gasteiger partial charge is 0.493 e. The first-order chi connectivity index (χ1) is 16.0. The topological polar surface area (TPSA) is 124 Å². The van der Waals surface area contributed by atoms with E-state index in [1.807, 2.05) is 0 Å². The maximum atomic E-state index is 13.2. The van der Waals surface area contributed by atoms with Crippen molar-refractivity contribution in [3.8, 4) is 11.5 Å². The second kappa shape index (κ2) is 9.18. The fraction of sp³-hybridized carbons (Fsp3) is 0.0870. The molecule has 0 aliphatic rings. The number of ether oxygens (including phenoxy) is 2. The Morgan fingerprint density at radius 3 is 2.39 bits per heavy atom. The predicted octanol–water partition coefficient (Wildman–Crippen LogP) is 2.44. The Balaban J connectivity index is 1.72. The Bertz CT molecular complexity index is 1400. The van der Waals surface area contributed by atoms with Gasteiger partial charge in [-0.2, -0.15) is 0 Å². The number of rotatable bonds is 6. The molecule has 0 saturated heterocycles. The summed E-state index contributed by atoms with van der Waals surface area (Å²) in [6.07, 6.45) is 5.33. The standard InChI is InChI=1S/C23H19N5O5/c1-32-19-8-7-14(11-20(19)33-2)26-21(29)17-13-28(23(31)16-6-4-3-5-15(16)17)27-22(30)18-12-24-9-10-25-18/h3-13H,1-2H3,(H,26,29)(H,27,30). The number of carbonyl (C=O) groups excluding carboxylic acids is 2. The molecule has 0 fully saturated rings. The van der Waals surface area contributed by atoms with E-state index in [1.165, 1.54) is 39.0 Å². The zero-order valence-electron chi connectivity index (χ0n) is 17.7. The number of hydrogen-bond donors (Lipinski definition) is 2. The van der Waals surface area contributed by atoms with Crippen molar-refractivity contribution in [2.45, 2.75) is 0 Å². The van der Waals surface area contributed by atoms with Crippen molar-refractivity contribution in [2.75, 3.05) is 25.0 Å². The van der Waals surface area contributed by atoms with Gasteiger partial charge < -0.3 is 14.8 Å². The van der Waals surface area contributed by atoms with E-state index in [1.54, 1.807) is 42.5 Å². The lowest BCUT2D eigenvalue weighted by molar-refractivity contribution is 0.0995. The lowest BCUT2D eigenvalue weighted by Gasteiger charge is -2.14. The van der Waals surface area contributed by atoms with Gasteiger partial charge in [-0.3, -0.25) is 24.8 Å². The van der Waals surface area contributed by atoms with Gasteiger partial charge in [-0.25, -0.2) is 9.66 Å². The first-order valence-electron chi connectivity index (χ1n) is 9.77. The number of aromatic nitrogens is 3. The number of carbonyl (C=O) groups is 2. The Morgan fingerprint density at radius 2 is 1.70 bits per heavy atom. The maximum Gasteiger partial charge on any atom is 0.290 e. The average Bonchev–Trinajstić information content (AvgIpc) is 2.86. The number of anilines is 1.